The zero-order chi connectivity index (χ0) is 21.0. The summed E-state index contributed by atoms with van der Waals surface area (Å²) in [5.74, 6) is -0.711. The van der Waals surface area contributed by atoms with Crippen molar-refractivity contribution >= 4 is 21.6 Å². The second-order valence-corrected chi connectivity index (χ2v) is 9.05. The molecule has 1 heterocycles. The standard InChI is InChI=1S/C21H26FN3O3S/c1-3-17-7-9-19(10-8-17)23-21(26)16(2)24-11-13-25(14-12-24)29(27,28)20-6-4-5-18(22)15-20/h4-10,15-16H,3,11-14H2,1-2H3,(H,23,26)/t16-/m1/s1. The van der Waals surface area contributed by atoms with Gasteiger partial charge in [0.25, 0.3) is 0 Å². The maximum absolute atomic E-state index is 13.4. The van der Waals surface area contributed by atoms with E-state index >= 15 is 0 Å². The lowest BCUT2D eigenvalue weighted by Gasteiger charge is -2.36. The first-order valence-electron chi connectivity index (χ1n) is 9.71. The average molecular weight is 420 g/mol. The highest BCUT2D eigenvalue weighted by Crippen LogP contribution is 2.19. The van der Waals surface area contributed by atoms with Gasteiger partial charge in [-0.15, -0.1) is 0 Å². The highest BCUT2D eigenvalue weighted by Gasteiger charge is 2.32. The lowest BCUT2D eigenvalue weighted by atomic mass is 10.1. The lowest BCUT2D eigenvalue weighted by Crippen LogP contribution is -2.53. The topological polar surface area (TPSA) is 69.7 Å². The highest BCUT2D eigenvalue weighted by molar-refractivity contribution is 7.89. The largest absolute Gasteiger partial charge is 0.325 e. The molecule has 1 aliphatic heterocycles. The second kappa shape index (κ2) is 9.02. The van der Waals surface area contributed by atoms with Crippen LogP contribution in [0.4, 0.5) is 10.1 Å². The van der Waals surface area contributed by atoms with Gasteiger partial charge in [-0.3, -0.25) is 9.69 Å². The zero-order valence-electron chi connectivity index (χ0n) is 16.6. The normalized spacial score (nSPS) is 17.1. The molecule has 29 heavy (non-hydrogen) atoms. The summed E-state index contributed by atoms with van der Waals surface area (Å²) < 4.78 is 40.2. The Kier molecular flexibility index (Phi) is 6.66. The van der Waals surface area contributed by atoms with Gasteiger partial charge in [0, 0.05) is 31.9 Å². The number of aryl methyl sites for hydroxylation is 1. The number of carbonyl (C=O) groups is 1. The fraction of sp³-hybridized carbons (Fsp3) is 0.381. The van der Waals surface area contributed by atoms with Gasteiger partial charge >= 0.3 is 0 Å². The first kappa shape index (κ1) is 21.4. The van der Waals surface area contributed by atoms with Crippen LogP contribution in [0.3, 0.4) is 0 Å². The summed E-state index contributed by atoms with van der Waals surface area (Å²) in [6.45, 7) is 5.25. The van der Waals surface area contributed by atoms with Crippen molar-refractivity contribution < 1.29 is 17.6 Å². The van der Waals surface area contributed by atoms with E-state index in [0.29, 0.717) is 13.1 Å². The molecule has 1 N–H and O–H groups in total. The first-order chi connectivity index (χ1) is 13.8. The summed E-state index contributed by atoms with van der Waals surface area (Å²) in [6, 6.07) is 12.4. The van der Waals surface area contributed by atoms with E-state index in [1.54, 1.807) is 0 Å². The third-order valence-corrected chi connectivity index (χ3v) is 7.16. The van der Waals surface area contributed by atoms with Crippen LogP contribution >= 0.6 is 0 Å². The Balaban J connectivity index is 1.58. The number of nitrogens with one attached hydrogen (secondary N) is 1. The van der Waals surface area contributed by atoms with Crippen LogP contribution in [-0.4, -0.2) is 55.8 Å². The number of benzene rings is 2. The van der Waals surface area contributed by atoms with Crippen molar-refractivity contribution in [3.05, 3.63) is 59.9 Å². The Hall–Kier alpha value is -2.29. The summed E-state index contributed by atoms with van der Waals surface area (Å²) >= 11 is 0. The van der Waals surface area contributed by atoms with Crippen molar-refractivity contribution in [2.24, 2.45) is 0 Å². The minimum absolute atomic E-state index is 0.0488. The van der Waals surface area contributed by atoms with Crippen molar-refractivity contribution in [3.8, 4) is 0 Å². The van der Waals surface area contributed by atoms with E-state index in [9.17, 15) is 17.6 Å². The second-order valence-electron chi connectivity index (χ2n) is 7.11. The molecule has 1 atom stereocenters. The Labute approximate surface area is 171 Å². The van der Waals surface area contributed by atoms with Gasteiger partial charge in [0.15, 0.2) is 0 Å². The predicted octanol–water partition coefficient (Wildman–Crippen LogP) is 2.72. The van der Waals surface area contributed by atoms with Gasteiger partial charge in [-0.1, -0.05) is 25.1 Å². The van der Waals surface area contributed by atoms with Gasteiger partial charge in [-0.2, -0.15) is 4.31 Å². The third-order valence-electron chi connectivity index (χ3n) is 5.26. The van der Waals surface area contributed by atoms with Crippen molar-refractivity contribution in [1.82, 2.24) is 9.21 Å². The summed E-state index contributed by atoms with van der Waals surface area (Å²) in [5.41, 5.74) is 1.94. The van der Waals surface area contributed by atoms with Gasteiger partial charge < -0.3 is 5.32 Å². The van der Waals surface area contributed by atoms with Gasteiger partial charge in [0.05, 0.1) is 10.9 Å². The molecule has 8 heteroatoms. The molecule has 0 spiro atoms. The Morgan fingerprint density at radius 3 is 2.34 bits per heavy atom. The van der Waals surface area contributed by atoms with Crippen LogP contribution in [-0.2, 0) is 21.2 Å². The van der Waals surface area contributed by atoms with Crippen molar-refractivity contribution in [2.45, 2.75) is 31.2 Å². The van der Waals surface area contributed by atoms with E-state index in [-0.39, 0.29) is 29.9 Å². The van der Waals surface area contributed by atoms with Crippen molar-refractivity contribution in [2.75, 3.05) is 31.5 Å². The number of piperazine rings is 1. The van der Waals surface area contributed by atoms with Crippen molar-refractivity contribution in [1.29, 1.82) is 0 Å². The van der Waals surface area contributed by atoms with E-state index in [0.717, 1.165) is 18.2 Å². The van der Waals surface area contributed by atoms with Crippen LogP contribution in [0.2, 0.25) is 0 Å². The number of anilines is 1. The molecule has 6 nitrogen and oxygen atoms in total. The van der Waals surface area contributed by atoms with Gasteiger partial charge in [0.2, 0.25) is 15.9 Å². The molecule has 0 saturated carbocycles. The van der Waals surface area contributed by atoms with Crippen LogP contribution < -0.4 is 5.32 Å². The molecule has 1 amide bonds. The van der Waals surface area contributed by atoms with Crippen LogP contribution in [0.1, 0.15) is 19.4 Å². The molecule has 2 aromatic rings. The number of nitrogens with zero attached hydrogens (tertiary/aromatic N) is 2. The summed E-state index contributed by atoms with van der Waals surface area (Å²) in [7, 11) is -3.74. The Bertz CT molecular complexity index is 955. The molecule has 0 bridgehead atoms. The molecule has 1 aliphatic rings. The van der Waals surface area contributed by atoms with E-state index in [4.69, 9.17) is 0 Å². The number of halogens is 1. The maximum atomic E-state index is 13.4. The molecule has 0 unspecified atom stereocenters. The van der Waals surface area contributed by atoms with E-state index in [1.807, 2.05) is 36.1 Å². The molecule has 1 saturated heterocycles. The van der Waals surface area contributed by atoms with E-state index in [2.05, 4.69) is 12.2 Å². The number of amides is 1. The molecule has 1 fully saturated rings. The number of rotatable bonds is 6. The quantitative estimate of drug-likeness (QED) is 0.782. The number of hydrogen-bond donors (Lipinski definition) is 1. The van der Waals surface area contributed by atoms with Crippen LogP contribution in [0.15, 0.2) is 53.4 Å². The molecular formula is C21H26FN3O3S. The molecule has 0 radical (unpaired) electrons. The van der Waals surface area contributed by atoms with Gasteiger partial charge in [0.1, 0.15) is 5.82 Å². The van der Waals surface area contributed by atoms with Gasteiger partial charge in [-0.25, -0.2) is 12.8 Å². The molecule has 2 aromatic carbocycles. The fourth-order valence-corrected chi connectivity index (χ4v) is 4.80. The van der Waals surface area contributed by atoms with Gasteiger partial charge in [-0.05, 0) is 49.2 Å². The van der Waals surface area contributed by atoms with Crippen LogP contribution in [0.5, 0.6) is 0 Å². The van der Waals surface area contributed by atoms with Crippen LogP contribution in [0.25, 0.3) is 0 Å². The minimum atomic E-state index is -3.74. The maximum Gasteiger partial charge on any atom is 0.243 e. The third kappa shape index (κ3) is 5.01. The van der Waals surface area contributed by atoms with Crippen molar-refractivity contribution in [3.63, 3.8) is 0 Å². The summed E-state index contributed by atoms with van der Waals surface area (Å²) in [6.07, 6.45) is 0.938. The smallest absolute Gasteiger partial charge is 0.243 e. The predicted molar refractivity (Wildman–Crippen MR) is 111 cm³/mol. The number of carbonyl (C=O) groups excluding carboxylic acids is 1. The number of sulfonamides is 1. The number of hydrogen-bond acceptors (Lipinski definition) is 4. The SMILES string of the molecule is CCc1ccc(NC(=O)[C@@H](C)N2CCN(S(=O)(=O)c3cccc(F)c3)CC2)cc1. The minimum Gasteiger partial charge on any atom is -0.325 e. The first-order valence-corrected chi connectivity index (χ1v) is 11.1. The molecular weight excluding hydrogens is 393 g/mol. The van der Waals surface area contributed by atoms with Crippen LogP contribution in [0, 0.1) is 5.82 Å². The summed E-state index contributed by atoms with van der Waals surface area (Å²) in [5, 5.41) is 2.91. The molecule has 0 aromatic heterocycles. The molecule has 3 rings (SSSR count). The fourth-order valence-electron chi connectivity index (χ4n) is 3.34. The van der Waals surface area contributed by atoms with E-state index < -0.39 is 15.8 Å². The monoisotopic (exact) mass is 419 g/mol. The zero-order valence-corrected chi connectivity index (χ0v) is 17.5. The van der Waals surface area contributed by atoms with E-state index in [1.165, 1.54) is 28.1 Å². The Morgan fingerprint density at radius 2 is 1.76 bits per heavy atom. The molecule has 156 valence electrons. The average Bonchev–Trinajstić information content (AvgIpc) is 2.74. The molecule has 0 aliphatic carbocycles. The highest BCUT2D eigenvalue weighted by atomic mass is 32.2. The summed E-state index contributed by atoms with van der Waals surface area (Å²) in [4.78, 5) is 14.5. The Morgan fingerprint density at radius 1 is 1.10 bits per heavy atom. The lowest BCUT2D eigenvalue weighted by molar-refractivity contribution is -0.121.